The van der Waals surface area contributed by atoms with E-state index in [4.69, 9.17) is 9.47 Å². The van der Waals surface area contributed by atoms with Crippen LogP contribution in [0.25, 0.3) is 0 Å². The second-order valence-corrected chi connectivity index (χ2v) is 6.97. The lowest BCUT2D eigenvalue weighted by molar-refractivity contribution is -0.134. The summed E-state index contributed by atoms with van der Waals surface area (Å²) in [6.07, 6.45) is 2.84. The van der Waals surface area contributed by atoms with E-state index in [1.807, 2.05) is 0 Å². The van der Waals surface area contributed by atoms with Crippen LogP contribution in [0.5, 0.6) is 11.5 Å². The SMILES string of the molecule is O=C(CN1C(=O)NC2(CCCC2)C1=O)NC(=O)Nc1ccc2c(c1)OCCO2. The van der Waals surface area contributed by atoms with Gasteiger partial charge in [-0.15, -0.1) is 0 Å². The van der Waals surface area contributed by atoms with Gasteiger partial charge in [-0.25, -0.2) is 9.59 Å². The summed E-state index contributed by atoms with van der Waals surface area (Å²) >= 11 is 0. The Morgan fingerprint density at radius 2 is 1.82 bits per heavy atom. The number of ether oxygens (including phenoxy) is 2. The third-order valence-electron chi connectivity index (χ3n) is 5.06. The molecule has 0 unspecified atom stereocenters. The van der Waals surface area contributed by atoms with Crippen molar-refractivity contribution in [3.05, 3.63) is 18.2 Å². The van der Waals surface area contributed by atoms with Crippen molar-refractivity contribution in [2.24, 2.45) is 0 Å². The monoisotopic (exact) mass is 388 g/mol. The van der Waals surface area contributed by atoms with Crippen LogP contribution in [0.2, 0.25) is 0 Å². The van der Waals surface area contributed by atoms with Crippen molar-refractivity contribution < 1.29 is 28.7 Å². The first-order valence-electron chi connectivity index (χ1n) is 9.11. The van der Waals surface area contributed by atoms with Gasteiger partial charge in [0.1, 0.15) is 25.3 Å². The smallest absolute Gasteiger partial charge is 0.325 e. The van der Waals surface area contributed by atoms with Crippen LogP contribution < -0.4 is 25.4 Å². The topological polar surface area (TPSA) is 126 Å². The average molecular weight is 388 g/mol. The van der Waals surface area contributed by atoms with Crippen molar-refractivity contribution in [2.45, 2.75) is 31.2 Å². The Balaban J connectivity index is 1.33. The number of hydrogen-bond donors (Lipinski definition) is 3. The number of hydrogen-bond acceptors (Lipinski definition) is 6. The van der Waals surface area contributed by atoms with E-state index in [2.05, 4.69) is 16.0 Å². The van der Waals surface area contributed by atoms with E-state index in [0.29, 0.717) is 43.2 Å². The van der Waals surface area contributed by atoms with Gasteiger partial charge in [-0.2, -0.15) is 0 Å². The van der Waals surface area contributed by atoms with E-state index in [1.165, 1.54) is 0 Å². The van der Waals surface area contributed by atoms with E-state index >= 15 is 0 Å². The van der Waals surface area contributed by atoms with E-state index in [0.717, 1.165) is 17.7 Å². The average Bonchev–Trinajstić information content (AvgIpc) is 3.22. The third kappa shape index (κ3) is 3.32. The zero-order valence-corrected chi connectivity index (χ0v) is 15.1. The number of carbonyl (C=O) groups excluding carboxylic acids is 4. The second kappa shape index (κ2) is 7.02. The van der Waals surface area contributed by atoms with Crippen molar-refractivity contribution in [2.75, 3.05) is 25.1 Å². The minimum absolute atomic E-state index is 0.405. The number of rotatable bonds is 3. The zero-order chi connectivity index (χ0) is 19.7. The standard InChI is InChI=1S/C18H20N4O6/c23-14(10-22-15(24)18(21-17(22)26)5-1-2-6-18)20-16(25)19-11-3-4-12-13(9-11)28-8-7-27-12/h3-4,9H,1-2,5-8,10H2,(H,21,26)(H2,19,20,23,25). The summed E-state index contributed by atoms with van der Waals surface area (Å²) < 4.78 is 10.8. The predicted molar refractivity (Wildman–Crippen MR) is 96.0 cm³/mol. The quantitative estimate of drug-likeness (QED) is 0.663. The molecule has 2 fully saturated rings. The van der Waals surface area contributed by atoms with Gasteiger partial charge in [-0.3, -0.25) is 19.8 Å². The summed E-state index contributed by atoms with van der Waals surface area (Å²) in [5, 5.41) is 7.32. The largest absolute Gasteiger partial charge is 0.486 e. The highest BCUT2D eigenvalue weighted by Gasteiger charge is 2.52. The molecule has 1 aromatic carbocycles. The van der Waals surface area contributed by atoms with Gasteiger partial charge in [0.05, 0.1) is 0 Å². The molecule has 0 aromatic heterocycles. The third-order valence-corrected chi connectivity index (χ3v) is 5.06. The molecule has 28 heavy (non-hydrogen) atoms. The fraction of sp³-hybridized carbons (Fsp3) is 0.444. The van der Waals surface area contributed by atoms with Gasteiger partial charge in [0, 0.05) is 11.8 Å². The van der Waals surface area contributed by atoms with Crippen LogP contribution in [0, 0.1) is 0 Å². The Morgan fingerprint density at radius 3 is 2.57 bits per heavy atom. The number of nitrogens with zero attached hydrogens (tertiary/aromatic N) is 1. The number of fused-ring (bicyclic) bond motifs is 1. The van der Waals surface area contributed by atoms with Crippen LogP contribution in [0.1, 0.15) is 25.7 Å². The molecule has 1 aliphatic carbocycles. The van der Waals surface area contributed by atoms with Gasteiger partial charge < -0.3 is 20.1 Å². The minimum atomic E-state index is -0.884. The van der Waals surface area contributed by atoms with Crippen molar-refractivity contribution >= 4 is 29.6 Å². The molecule has 0 bridgehead atoms. The molecule has 3 aliphatic rings. The summed E-state index contributed by atoms with van der Waals surface area (Å²) in [5.41, 5.74) is -0.473. The molecule has 10 nitrogen and oxygen atoms in total. The molecule has 1 aromatic rings. The summed E-state index contributed by atoms with van der Waals surface area (Å²) in [6.45, 7) is 0.356. The minimum Gasteiger partial charge on any atom is -0.486 e. The highest BCUT2D eigenvalue weighted by Crippen LogP contribution is 2.35. The molecular weight excluding hydrogens is 368 g/mol. The van der Waals surface area contributed by atoms with E-state index in [1.54, 1.807) is 18.2 Å². The summed E-state index contributed by atoms with van der Waals surface area (Å²) in [6, 6.07) is 3.47. The number of urea groups is 2. The number of nitrogens with one attached hydrogen (secondary N) is 3. The Hall–Kier alpha value is -3.30. The maximum Gasteiger partial charge on any atom is 0.325 e. The molecule has 2 heterocycles. The second-order valence-electron chi connectivity index (χ2n) is 6.97. The fourth-order valence-corrected chi connectivity index (χ4v) is 3.73. The maximum absolute atomic E-state index is 12.5. The van der Waals surface area contributed by atoms with Crippen molar-refractivity contribution in [3.63, 3.8) is 0 Å². The van der Waals surface area contributed by atoms with Gasteiger partial charge in [0.15, 0.2) is 11.5 Å². The first-order chi connectivity index (χ1) is 13.5. The highest BCUT2D eigenvalue weighted by atomic mass is 16.6. The lowest BCUT2D eigenvalue weighted by Crippen LogP contribution is -2.46. The molecule has 3 N–H and O–H groups in total. The number of carbonyl (C=O) groups is 4. The molecule has 10 heteroatoms. The summed E-state index contributed by atoms with van der Waals surface area (Å²) in [5.74, 6) is -0.0877. The molecule has 148 valence electrons. The van der Waals surface area contributed by atoms with Crippen LogP contribution in [0.15, 0.2) is 18.2 Å². The Labute approximate surface area is 160 Å². The number of imide groups is 2. The van der Waals surface area contributed by atoms with Gasteiger partial charge in [-0.05, 0) is 25.0 Å². The van der Waals surface area contributed by atoms with E-state index in [9.17, 15) is 19.2 Å². The normalized spacial score (nSPS) is 19.5. The Bertz CT molecular complexity index is 848. The molecule has 1 saturated heterocycles. The fourth-order valence-electron chi connectivity index (χ4n) is 3.73. The van der Waals surface area contributed by atoms with E-state index < -0.39 is 36.0 Å². The maximum atomic E-state index is 12.5. The predicted octanol–water partition coefficient (Wildman–Crippen LogP) is 0.970. The highest BCUT2D eigenvalue weighted by molar-refractivity contribution is 6.10. The Kier molecular flexibility index (Phi) is 4.54. The molecular formula is C18H20N4O6. The molecule has 1 spiro atoms. The van der Waals surface area contributed by atoms with Gasteiger partial charge in [-0.1, -0.05) is 12.8 Å². The van der Waals surface area contributed by atoms with Crippen molar-refractivity contribution in [3.8, 4) is 11.5 Å². The van der Waals surface area contributed by atoms with Gasteiger partial charge in [0.25, 0.3) is 5.91 Å². The molecule has 1 saturated carbocycles. The van der Waals surface area contributed by atoms with Crippen LogP contribution in [-0.4, -0.2) is 54.1 Å². The Morgan fingerprint density at radius 1 is 1.11 bits per heavy atom. The van der Waals surface area contributed by atoms with Crippen molar-refractivity contribution in [1.29, 1.82) is 0 Å². The number of benzene rings is 1. The molecule has 0 atom stereocenters. The van der Waals surface area contributed by atoms with Crippen LogP contribution >= 0.6 is 0 Å². The van der Waals surface area contributed by atoms with E-state index in [-0.39, 0.29) is 0 Å². The lowest BCUT2D eigenvalue weighted by atomic mass is 9.98. The van der Waals surface area contributed by atoms with Crippen LogP contribution in [0.4, 0.5) is 15.3 Å². The molecule has 4 rings (SSSR count). The summed E-state index contributed by atoms with van der Waals surface area (Å²) in [4.78, 5) is 49.7. The molecule has 2 aliphatic heterocycles. The summed E-state index contributed by atoms with van der Waals surface area (Å²) in [7, 11) is 0. The molecule has 6 amide bonds. The number of anilines is 1. The van der Waals surface area contributed by atoms with Gasteiger partial charge in [0.2, 0.25) is 5.91 Å². The van der Waals surface area contributed by atoms with Crippen molar-refractivity contribution in [1.82, 2.24) is 15.5 Å². The first kappa shape index (κ1) is 18.1. The molecule has 0 radical (unpaired) electrons. The van der Waals surface area contributed by atoms with Gasteiger partial charge >= 0.3 is 12.1 Å². The first-order valence-corrected chi connectivity index (χ1v) is 9.11. The van der Waals surface area contributed by atoms with Crippen LogP contribution in [-0.2, 0) is 9.59 Å². The number of amides is 6. The zero-order valence-electron chi connectivity index (χ0n) is 15.1. The lowest BCUT2D eigenvalue weighted by Gasteiger charge is -2.20. The van der Waals surface area contributed by atoms with Crippen LogP contribution in [0.3, 0.4) is 0 Å².